The number of methoxy groups -OCH3 is 2. The van der Waals surface area contributed by atoms with E-state index < -0.39 is 16.0 Å². The molecule has 0 amide bonds. The van der Waals surface area contributed by atoms with Gasteiger partial charge in [-0.25, -0.2) is 17.9 Å². The van der Waals surface area contributed by atoms with Crippen LogP contribution in [0.5, 0.6) is 11.5 Å². The molecule has 3 N–H and O–H groups in total. The van der Waals surface area contributed by atoms with Crippen molar-refractivity contribution in [2.24, 2.45) is 0 Å². The molecule has 0 radical (unpaired) electrons. The minimum Gasteiger partial charge on any atom is -0.493 e. The quantitative estimate of drug-likeness (QED) is 0.596. The maximum absolute atomic E-state index is 12.5. The van der Waals surface area contributed by atoms with E-state index >= 15 is 0 Å². The van der Waals surface area contributed by atoms with E-state index in [4.69, 9.17) is 9.47 Å². The third-order valence-electron chi connectivity index (χ3n) is 3.95. The maximum atomic E-state index is 12.5. The van der Waals surface area contributed by atoms with Gasteiger partial charge in [0.15, 0.2) is 11.5 Å². The first-order valence-electron chi connectivity index (χ1n) is 8.08. The van der Waals surface area contributed by atoms with E-state index in [9.17, 15) is 18.3 Å². The number of nitrogens with one attached hydrogen (secondary N) is 2. The van der Waals surface area contributed by atoms with Gasteiger partial charge in [0.25, 0.3) is 0 Å². The molecule has 2 aromatic rings. The Morgan fingerprint density at radius 2 is 1.78 bits per heavy atom. The summed E-state index contributed by atoms with van der Waals surface area (Å²) in [6.07, 6.45) is 0.431. The van der Waals surface area contributed by atoms with Crippen LogP contribution in [0.2, 0.25) is 0 Å². The van der Waals surface area contributed by atoms with Crippen molar-refractivity contribution in [2.45, 2.75) is 11.3 Å². The number of anilines is 1. The fourth-order valence-electron chi connectivity index (χ4n) is 2.53. The summed E-state index contributed by atoms with van der Waals surface area (Å²) >= 11 is 0. The Labute approximate surface area is 158 Å². The molecular weight excluding hydrogens is 372 g/mol. The van der Waals surface area contributed by atoms with Crippen molar-refractivity contribution in [3.05, 3.63) is 47.5 Å². The second kappa shape index (κ2) is 8.74. The van der Waals surface area contributed by atoms with Gasteiger partial charge in [0.05, 0.1) is 24.7 Å². The first-order valence-corrected chi connectivity index (χ1v) is 9.56. The molecular formula is C18H22N2O6S. The molecule has 0 heterocycles. The monoisotopic (exact) mass is 394 g/mol. The van der Waals surface area contributed by atoms with Gasteiger partial charge in [-0.2, -0.15) is 0 Å². The minimum atomic E-state index is -3.84. The highest BCUT2D eigenvalue weighted by atomic mass is 32.2. The number of rotatable bonds is 9. The fourth-order valence-corrected chi connectivity index (χ4v) is 3.59. The Morgan fingerprint density at radius 1 is 1.07 bits per heavy atom. The first kappa shape index (κ1) is 20.5. The lowest BCUT2D eigenvalue weighted by molar-refractivity contribution is 0.0697. The molecule has 8 nitrogen and oxygen atoms in total. The summed E-state index contributed by atoms with van der Waals surface area (Å²) in [5.41, 5.74) is 1.10. The van der Waals surface area contributed by atoms with Crippen molar-refractivity contribution in [3.8, 4) is 11.5 Å². The highest BCUT2D eigenvalue weighted by Crippen LogP contribution is 2.27. The lowest BCUT2D eigenvalue weighted by Gasteiger charge is -2.11. The Bertz CT molecular complexity index is 927. The molecule has 146 valence electrons. The predicted molar refractivity (Wildman–Crippen MR) is 101 cm³/mol. The molecule has 0 spiro atoms. The number of aromatic carboxylic acids is 1. The smallest absolute Gasteiger partial charge is 0.337 e. The van der Waals surface area contributed by atoms with Gasteiger partial charge in [0, 0.05) is 19.3 Å². The van der Waals surface area contributed by atoms with Crippen molar-refractivity contribution in [1.29, 1.82) is 0 Å². The third kappa shape index (κ3) is 4.89. The van der Waals surface area contributed by atoms with Crippen LogP contribution in [0.4, 0.5) is 5.69 Å². The van der Waals surface area contributed by atoms with Crippen LogP contribution >= 0.6 is 0 Å². The average Bonchev–Trinajstić information content (AvgIpc) is 2.66. The van der Waals surface area contributed by atoms with Gasteiger partial charge in [0.1, 0.15) is 0 Å². The van der Waals surface area contributed by atoms with E-state index in [2.05, 4.69) is 10.0 Å². The summed E-state index contributed by atoms with van der Waals surface area (Å²) in [5.74, 6) is -0.0546. The second-order valence-electron chi connectivity index (χ2n) is 5.60. The number of hydrogen-bond acceptors (Lipinski definition) is 6. The standard InChI is InChI=1S/C18H22N2O6S/c1-19-15-6-5-13(11-14(15)18(21)22)27(23,24)20-9-8-12-4-7-16(25-2)17(10-12)26-3/h4-7,10-11,19-20H,8-9H2,1-3H3,(H,21,22). The number of sulfonamides is 1. The second-order valence-corrected chi connectivity index (χ2v) is 7.37. The van der Waals surface area contributed by atoms with Gasteiger partial charge in [-0.1, -0.05) is 6.07 Å². The van der Waals surface area contributed by atoms with Crippen LogP contribution in [0.25, 0.3) is 0 Å². The minimum absolute atomic E-state index is 0.105. The van der Waals surface area contributed by atoms with Crippen molar-refractivity contribution in [1.82, 2.24) is 4.72 Å². The highest BCUT2D eigenvalue weighted by Gasteiger charge is 2.18. The molecule has 0 fully saturated rings. The van der Waals surface area contributed by atoms with Crippen LogP contribution in [0.15, 0.2) is 41.3 Å². The van der Waals surface area contributed by atoms with Gasteiger partial charge in [-0.05, 0) is 42.3 Å². The van der Waals surface area contributed by atoms with E-state index in [1.807, 2.05) is 6.07 Å². The van der Waals surface area contributed by atoms with Crippen molar-refractivity contribution >= 4 is 21.7 Å². The van der Waals surface area contributed by atoms with E-state index in [0.717, 1.165) is 11.6 Å². The van der Waals surface area contributed by atoms with Gasteiger partial charge in [-0.15, -0.1) is 0 Å². The normalized spacial score (nSPS) is 11.1. The van der Waals surface area contributed by atoms with Crippen molar-refractivity contribution < 1.29 is 27.8 Å². The molecule has 0 aliphatic carbocycles. The number of hydrogen-bond donors (Lipinski definition) is 3. The number of carboxylic acid groups (broad SMARTS) is 1. The van der Waals surface area contributed by atoms with Crippen LogP contribution in [0, 0.1) is 0 Å². The van der Waals surface area contributed by atoms with Gasteiger partial charge in [-0.3, -0.25) is 0 Å². The predicted octanol–water partition coefficient (Wildman–Crippen LogP) is 1.96. The summed E-state index contributed by atoms with van der Waals surface area (Å²) in [4.78, 5) is 11.2. The van der Waals surface area contributed by atoms with Gasteiger partial charge >= 0.3 is 5.97 Å². The first-order chi connectivity index (χ1) is 12.8. The van der Waals surface area contributed by atoms with Crippen LogP contribution in [-0.4, -0.2) is 47.3 Å². The Balaban J connectivity index is 2.11. The van der Waals surface area contributed by atoms with E-state index in [1.54, 1.807) is 19.2 Å². The number of benzene rings is 2. The Morgan fingerprint density at radius 3 is 2.37 bits per heavy atom. The zero-order valence-corrected chi connectivity index (χ0v) is 16.1. The van der Waals surface area contributed by atoms with Gasteiger partial charge < -0.3 is 19.9 Å². The lowest BCUT2D eigenvalue weighted by atomic mass is 10.1. The highest BCUT2D eigenvalue weighted by molar-refractivity contribution is 7.89. The molecule has 27 heavy (non-hydrogen) atoms. The molecule has 0 aliphatic heterocycles. The van der Waals surface area contributed by atoms with Crippen molar-refractivity contribution in [2.75, 3.05) is 33.1 Å². The molecule has 2 aromatic carbocycles. The van der Waals surface area contributed by atoms with E-state index in [1.165, 1.54) is 26.4 Å². The molecule has 0 unspecified atom stereocenters. The summed E-state index contributed by atoms with van der Waals surface area (Å²) in [6.45, 7) is 0.147. The molecule has 0 aliphatic rings. The van der Waals surface area contributed by atoms with Crippen LogP contribution in [0.3, 0.4) is 0 Å². The molecule has 0 bridgehead atoms. The largest absolute Gasteiger partial charge is 0.493 e. The number of carboxylic acids is 1. The topological polar surface area (TPSA) is 114 Å². The number of ether oxygens (including phenoxy) is 2. The summed E-state index contributed by atoms with van der Waals surface area (Å²) in [7, 11) is 0.795. The zero-order chi connectivity index (χ0) is 20.0. The molecule has 0 atom stereocenters. The Hall–Kier alpha value is -2.78. The van der Waals surface area contributed by atoms with Crippen LogP contribution in [-0.2, 0) is 16.4 Å². The number of carbonyl (C=O) groups is 1. The summed E-state index contributed by atoms with van der Waals surface area (Å²) in [6, 6.07) is 9.26. The maximum Gasteiger partial charge on any atom is 0.337 e. The molecule has 0 aromatic heterocycles. The molecule has 9 heteroatoms. The van der Waals surface area contributed by atoms with Crippen LogP contribution < -0.4 is 19.5 Å². The fraction of sp³-hybridized carbons (Fsp3) is 0.278. The van der Waals surface area contributed by atoms with Crippen molar-refractivity contribution in [3.63, 3.8) is 0 Å². The summed E-state index contributed by atoms with van der Waals surface area (Å²) < 4.78 is 37.8. The third-order valence-corrected chi connectivity index (χ3v) is 5.41. The zero-order valence-electron chi connectivity index (χ0n) is 15.3. The Kier molecular flexibility index (Phi) is 6.65. The van der Waals surface area contributed by atoms with Crippen LogP contribution in [0.1, 0.15) is 15.9 Å². The lowest BCUT2D eigenvalue weighted by Crippen LogP contribution is -2.26. The average molecular weight is 394 g/mol. The van der Waals surface area contributed by atoms with E-state index in [-0.39, 0.29) is 17.0 Å². The molecule has 0 saturated heterocycles. The SMILES string of the molecule is CNc1ccc(S(=O)(=O)NCCc2ccc(OC)c(OC)c2)cc1C(=O)O. The summed E-state index contributed by atoms with van der Waals surface area (Å²) in [5, 5.41) is 11.9. The van der Waals surface area contributed by atoms with E-state index in [0.29, 0.717) is 23.6 Å². The van der Waals surface area contributed by atoms with Gasteiger partial charge in [0.2, 0.25) is 10.0 Å². The molecule has 0 saturated carbocycles. The molecule has 2 rings (SSSR count).